The van der Waals surface area contributed by atoms with E-state index in [2.05, 4.69) is 10.6 Å². The monoisotopic (exact) mass is 343 g/mol. The molecule has 2 aromatic carbocycles. The zero-order valence-corrected chi connectivity index (χ0v) is 13.7. The van der Waals surface area contributed by atoms with E-state index in [0.717, 1.165) is 0 Å². The highest BCUT2D eigenvalue weighted by Crippen LogP contribution is 2.23. The molecule has 0 saturated carbocycles. The first-order valence-electron chi connectivity index (χ1n) is 7.92. The van der Waals surface area contributed by atoms with Crippen LogP contribution in [0.25, 0.3) is 0 Å². The lowest BCUT2D eigenvalue weighted by Gasteiger charge is -2.19. The number of benzene rings is 2. The summed E-state index contributed by atoms with van der Waals surface area (Å²) in [7, 11) is 0. The van der Waals surface area contributed by atoms with Crippen molar-refractivity contribution >= 4 is 17.6 Å². The van der Waals surface area contributed by atoms with Crippen molar-refractivity contribution in [2.24, 2.45) is 0 Å². The van der Waals surface area contributed by atoms with E-state index in [1.54, 1.807) is 43.3 Å². The van der Waals surface area contributed by atoms with Crippen molar-refractivity contribution in [3.63, 3.8) is 0 Å². The van der Waals surface area contributed by atoms with Crippen molar-refractivity contribution < 1.29 is 18.7 Å². The van der Waals surface area contributed by atoms with Crippen LogP contribution in [0.5, 0.6) is 11.5 Å². The van der Waals surface area contributed by atoms with Crippen LogP contribution in [0.15, 0.2) is 48.5 Å². The van der Waals surface area contributed by atoms with E-state index in [4.69, 9.17) is 4.74 Å². The quantitative estimate of drug-likeness (QED) is 0.876. The molecule has 1 atom stereocenters. The molecule has 2 aromatic rings. The Morgan fingerprint density at radius 1 is 1.24 bits per heavy atom. The summed E-state index contributed by atoms with van der Waals surface area (Å²) >= 11 is 0. The predicted octanol–water partition coefficient (Wildman–Crippen LogP) is 2.97. The summed E-state index contributed by atoms with van der Waals surface area (Å²) in [6, 6.07) is 11.9. The lowest BCUT2D eigenvalue weighted by molar-refractivity contribution is -0.128. The Bertz CT molecular complexity index is 779. The predicted molar refractivity (Wildman–Crippen MR) is 91.1 cm³/mol. The zero-order chi connectivity index (χ0) is 17.8. The van der Waals surface area contributed by atoms with Crippen molar-refractivity contribution in [1.29, 1.82) is 0 Å². The van der Waals surface area contributed by atoms with Crippen LogP contribution >= 0.6 is 0 Å². The summed E-state index contributed by atoms with van der Waals surface area (Å²) in [5.74, 6) is 0.308. The number of urea groups is 1. The van der Waals surface area contributed by atoms with Crippen LogP contribution in [0.4, 0.5) is 14.9 Å². The molecule has 0 unspecified atom stereocenters. The fourth-order valence-electron chi connectivity index (χ4n) is 2.51. The first kappa shape index (κ1) is 16.8. The molecular formula is C18H18FN3O3. The molecule has 3 rings (SSSR count). The van der Waals surface area contributed by atoms with Crippen LogP contribution in [0.2, 0.25) is 0 Å². The Balaban J connectivity index is 1.60. The molecule has 3 amide bonds. The van der Waals surface area contributed by atoms with Gasteiger partial charge in [0.25, 0.3) is 5.91 Å². The molecule has 0 radical (unpaired) electrons. The third-order valence-corrected chi connectivity index (χ3v) is 3.76. The maximum atomic E-state index is 13.2. The van der Waals surface area contributed by atoms with Crippen LogP contribution in [0.1, 0.15) is 6.92 Å². The Morgan fingerprint density at radius 3 is 2.64 bits per heavy atom. The van der Waals surface area contributed by atoms with Crippen molar-refractivity contribution in [1.82, 2.24) is 10.2 Å². The molecule has 0 aliphatic carbocycles. The summed E-state index contributed by atoms with van der Waals surface area (Å²) in [6.45, 7) is 2.55. The van der Waals surface area contributed by atoms with Gasteiger partial charge in [0.05, 0.1) is 0 Å². The van der Waals surface area contributed by atoms with Gasteiger partial charge in [-0.25, -0.2) is 9.18 Å². The number of hydrogen-bond donors (Lipinski definition) is 2. The van der Waals surface area contributed by atoms with Crippen molar-refractivity contribution in [3.05, 3.63) is 54.3 Å². The van der Waals surface area contributed by atoms with Gasteiger partial charge in [-0.05, 0) is 43.3 Å². The van der Waals surface area contributed by atoms with Crippen molar-refractivity contribution in [3.8, 4) is 11.5 Å². The summed E-state index contributed by atoms with van der Waals surface area (Å²) in [5.41, 5.74) is 0.715. The van der Waals surface area contributed by atoms with Gasteiger partial charge in [-0.15, -0.1) is 0 Å². The molecule has 0 spiro atoms. The Labute approximate surface area is 144 Å². The Hall–Kier alpha value is -3.09. The first-order valence-corrected chi connectivity index (χ1v) is 7.92. The molecule has 0 aromatic heterocycles. The van der Waals surface area contributed by atoms with E-state index in [1.807, 2.05) is 0 Å². The minimum absolute atomic E-state index is 0.282. The largest absolute Gasteiger partial charge is 0.457 e. The van der Waals surface area contributed by atoms with E-state index in [9.17, 15) is 14.0 Å². The number of hydrogen-bond acceptors (Lipinski definition) is 4. The van der Waals surface area contributed by atoms with Gasteiger partial charge in [-0.2, -0.15) is 0 Å². The second-order valence-electron chi connectivity index (χ2n) is 5.67. The van der Waals surface area contributed by atoms with E-state index < -0.39 is 6.04 Å². The number of carbonyl (C=O) groups excluding carboxylic acids is 2. The maximum Gasteiger partial charge on any atom is 0.324 e. The summed E-state index contributed by atoms with van der Waals surface area (Å²) < 4.78 is 18.7. The van der Waals surface area contributed by atoms with E-state index in [1.165, 1.54) is 17.0 Å². The SMILES string of the molecule is C[C@H](Nc1ccc(Oc2cccc(F)c2)cc1)C(=O)N1CCNC1=O. The van der Waals surface area contributed by atoms with Crippen LogP contribution in [-0.2, 0) is 4.79 Å². The number of carbonyl (C=O) groups is 2. The third kappa shape index (κ3) is 4.06. The normalized spacial score (nSPS) is 14.8. The number of nitrogens with one attached hydrogen (secondary N) is 2. The van der Waals surface area contributed by atoms with Gasteiger partial charge in [0.15, 0.2) is 0 Å². The highest BCUT2D eigenvalue weighted by atomic mass is 19.1. The molecule has 1 aliphatic heterocycles. The van der Waals surface area contributed by atoms with Gasteiger partial charge < -0.3 is 15.4 Å². The summed E-state index contributed by atoms with van der Waals surface area (Å²) in [4.78, 5) is 25.0. The van der Waals surface area contributed by atoms with E-state index >= 15 is 0 Å². The number of anilines is 1. The minimum Gasteiger partial charge on any atom is -0.457 e. The van der Waals surface area contributed by atoms with Gasteiger partial charge >= 0.3 is 6.03 Å². The molecule has 7 heteroatoms. The fourth-order valence-corrected chi connectivity index (χ4v) is 2.51. The summed E-state index contributed by atoms with van der Waals surface area (Å²) in [6.07, 6.45) is 0. The molecular weight excluding hydrogens is 325 g/mol. The second-order valence-corrected chi connectivity index (χ2v) is 5.67. The second kappa shape index (κ2) is 7.21. The number of rotatable bonds is 5. The van der Waals surface area contributed by atoms with Crippen LogP contribution < -0.4 is 15.4 Å². The molecule has 1 fully saturated rings. The fraction of sp³-hybridized carbons (Fsp3) is 0.222. The number of ether oxygens (including phenoxy) is 1. The zero-order valence-electron chi connectivity index (χ0n) is 13.7. The number of halogens is 1. The lowest BCUT2D eigenvalue weighted by Crippen LogP contribution is -2.43. The Morgan fingerprint density at radius 2 is 2.00 bits per heavy atom. The van der Waals surface area contributed by atoms with Gasteiger partial charge in [-0.3, -0.25) is 9.69 Å². The summed E-state index contributed by atoms with van der Waals surface area (Å²) in [5, 5.41) is 5.65. The van der Waals surface area contributed by atoms with Gasteiger partial charge in [0.2, 0.25) is 0 Å². The molecule has 2 N–H and O–H groups in total. The molecule has 25 heavy (non-hydrogen) atoms. The van der Waals surface area contributed by atoms with E-state index in [0.29, 0.717) is 30.3 Å². The van der Waals surface area contributed by atoms with Gasteiger partial charge in [-0.1, -0.05) is 6.07 Å². The highest BCUT2D eigenvalue weighted by molar-refractivity contribution is 5.99. The average Bonchev–Trinajstić information content (AvgIpc) is 3.02. The lowest BCUT2D eigenvalue weighted by atomic mass is 10.2. The van der Waals surface area contributed by atoms with Crippen LogP contribution in [0.3, 0.4) is 0 Å². The molecule has 1 aliphatic rings. The molecule has 130 valence electrons. The topological polar surface area (TPSA) is 70.7 Å². The smallest absolute Gasteiger partial charge is 0.324 e. The van der Waals surface area contributed by atoms with Crippen molar-refractivity contribution in [2.45, 2.75) is 13.0 Å². The molecule has 1 saturated heterocycles. The molecule has 6 nitrogen and oxygen atoms in total. The number of amides is 3. The van der Waals surface area contributed by atoms with Crippen LogP contribution in [0, 0.1) is 5.82 Å². The molecule has 1 heterocycles. The van der Waals surface area contributed by atoms with E-state index in [-0.39, 0.29) is 17.8 Å². The highest BCUT2D eigenvalue weighted by Gasteiger charge is 2.29. The maximum absolute atomic E-state index is 13.2. The van der Waals surface area contributed by atoms with Crippen LogP contribution in [-0.4, -0.2) is 36.0 Å². The average molecular weight is 343 g/mol. The number of imide groups is 1. The number of nitrogens with zero attached hydrogens (tertiary/aromatic N) is 1. The Kier molecular flexibility index (Phi) is 4.83. The van der Waals surface area contributed by atoms with Gasteiger partial charge in [0.1, 0.15) is 23.4 Å². The molecule has 0 bridgehead atoms. The minimum atomic E-state index is -0.543. The standard InChI is InChI=1S/C18H18FN3O3/c1-12(17(23)22-10-9-20-18(22)24)21-14-5-7-15(8-6-14)25-16-4-2-3-13(19)11-16/h2-8,11-12,21H,9-10H2,1H3,(H,20,24)/t12-/m0/s1. The van der Waals surface area contributed by atoms with Crippen molar-refractivity contribution in [2.75, 3.05) is 18.4 Å². The third-order valence-electron chi connectivity index (χ3n) is 3.76. The van der Waals surface area contributed by atoms with Gasteiger partial charge in [0, 0.05) is 24.8 Å². The first-order chi connectivity index (χ1) is 12.0.